The Balaban J connectivity index is 2.42. The molecule has 0 aromatic carbocycles. The van der Waals surface area contributed by atoms with E-state index in [1.807, 2.05) is 13.0 Å². The number of hydrogen-bond acceptors (Lipinski definition) is 3. The Bertz CT molecular complexity index is 193. The maximum Gasteiger partial charge on any atom is 0.106 e. The molecule has 3 atom stereocenters. The topological polar surface area (TPSA) is 49.7 Å². The third-order valence-electron chi connectivity index (χ3n) is 2.97. The summed E-state index contributed by atoms with van der Waals surface area (Å²) in [5.41, 5.74) is -0.555. The van der Waals surface area contributed by atoms with Crippen LogP contribution < -0.4 is 0 Å². The van der Waals surface area contributed by atoms with Crippen LogP contribution in [0.1, 0.15) is 32.6 Å². The maximum absolute atomic E-state index is 9.56. The monoisotopic (exact) mass is 200 g/mol. The van der Waals surface area contributed by atoms with Crippen LogP contribution in [0.4, 0.5) is 0 Å². The van der Waals surface area contributed by atoms with Gasteiger partial charge in [-0.25, -0.2) is 0 Å². The Labute approximate surface area is 85.4 Å². The molecular weight excluding hydrogens is 180 g/mol. The minimum Gasteiger partial charge on any atom is -0.394 e. The highest BCUT2D eigenvalue weighted by Gasteiger charge is 2.41. The van der Waals surface area contributed by atoms with E-state index in [1.165, 1.54) is 0 Å². The second kappa shape index (κ2) is 4.91. The normalized spacial score (nSPS) is 34.4. The summed E-state index contributed by atoms with van der Waals surface area (Å²) in [6, 6.07) is 0. The van der Waals surface area contributed by atoms with Gasteiger partial charge in [0.2, 0.25) is 0 Å². The molecule has 0 bridgehead atoms. The lowest BCUT2D eigenvalue weighted by Gasteiger charge is -2.29. The van der Waals surface area contributed by atoms with Crippen molar-refractivity contribution in [1.29, 1.82) is 0 Å². The van der Waals surface area contributed by atoms with Crippen LogP contribution in [0.25, 0.3) is 0 Å². The van der Waals surface area contributed by atoms with Gasteiger partial charge in [-0.05, 0) is 32.6 Å². The molecule has 14 heavy (non-hydrogen) atoms. The Hall–Kier alpha value is -0.380. The van der Waals surface area contributed by atoms with Crippen molar-refractivity contribution in [3.8, 4) is 0 Å². The van der Waals surface area contributed by atoms with Crippen LogP contribution in [-0.4, -0.2) is 34.6 Å². The number of aliphatic hydroxyl groups excluding tert-OH is 2. The van der Waals surface area contributed by atoms with E-state index >= 15 is 0 Å². The molecule has 0 amide bonds. The number of rotatable bonds is 5. The van der Waals surface area contributed by atoms with Crippen LogP contribution in [0.3, 0.4) is 0 Å². The van der Waals surface area contributed by atoms with Gasteiger partial charge < -0.3 is 14.9 Å². The smallest absolute Gasteiger partial charge is 0.106 e. The standard InChI is InChI=1S/C11H20O3/c1-3-4-5-9-6-7-11(2,14-9)10(13)8-12/h3,9-10,12-13H,1,4-8H2,2H3/t9-,10+,11-/m0/s1. The summed E-state index contributed by atoms with van der Waals surface area (Å²) in [5, 5.41) is 18.4. The van der Waals surface area contributed by atoms with Crippen LogP contribution in [-0.2, 0) is 4.74 Å². The van der Waals surface area contributed by atoms with Crippen LogP contribution in [0.2, 0.25) is 0 Å². The molecule has 2 N–H and O–H groups in total. The van der Waals surface area contributed by atoms with E-state index in [1.54, 1.807) is 0 Å². The molecule has 0 aromatic rings. The molecule has 1 heterocycles. The molecule has 0 unspecified atom stereocenters. The van der Waals surface area contributed by atoms with Gasteiger partial charge >= 0.3 is 0 Å². The van der Waals surface area contributed by atoms with E-state index in [9.17, 15) is 5.11 Å². The summed E-state index contributed by atoms with van der Waals surface area (Å²) in [6.45, 7) is 5.30. The first kappa shape index (κ1) is 11.7. The summed E-state index contributed by atoms with van der Waals surface area (Å²) in [6.07, 6.45) is 4.99. The lowest BCUT2D eigenvalue weighted by Crippen LogP contribution is -2.41. The van der Waals surface area contributed by atoms with Gasteiger partial charge in [-0.1, -0.05) is 6.08 Å². The van der Waals surface area contributed by atoms with Crippen LogP contribution >= 0.6 is 0 Å². The van der Waals surface area contributed by atoms with Crippen molar-refractivity contribution in [3.05, 3.63) is 12.7 Å². The Morgan fingerprint density at radius 2 is 2.43 bits per heavy atom. The summed E-state index contributed by atoms with van der Waals surface area (Å²) in [7, 11) is 0. The van der Waals surface area contributed by atoms with Crippen LogP contribution in [0, 0.1) is 0 Å². The van der Waals surface area contributed by atoms with Crippen molar-refractivity contribution in [2.45, 2.75) is 50.4 Å². The fourth-order valence-corrected chi connectivity index (χ4v) is 1.89. The summed E-state index contributed by atoms with van der Waals surface area (Å²) in [4.78, 5) is 0. The molecule has 0 saturated carbocycles. The second-order valence-electron chi connectivity index (χ2n) is 4.16. The lowest BCUT2D eigenvalue weighted by atomic mass is 9.95. The Kier molecular flexibility index (Phi) is 4.11. The molecule has 1 saturated heterocycles. The molecule has 0 spiro atoms. The highest BCUT2D eigenvalue weighted by Crippen LogP contribution is 2.34. The minimum atomic E-state index is -0.767. The molecule has 0 aromatic heterocycles. The number of aliphatic hydroxyl groups is 2. The van der Waals surface area contributed by atoms with Crippen molar-refractivity contribution in [2.75, 3.05) is 6.61 Å². The van der Waals surface area contributed by atoms with Crippen molar-refractivity contribution in [1.82, 2.24) is 0 Å². The van der Waals surface area contributed by atoms with Crippen molar-refractivity contribution in [2.24, 2.45) is 0 Å². The SMILES string of the molecule is C=CCC[C@H]1CC[C@@](C)([C@H](O)CO)O1. The first-order valence-corrected chi connectivity index (χ1v) is 5.20. The van der Waals surface area contributed by atoms with Crippen molar-refractivity contribution < 1.29 is 14.9 Å². The Morgan fingerprint density at radius 3 is 3.00 bits per heavy atom. The molecule has 1 rings (SSSR count). The zero-order chi connectivity index (χ0) is 10.6. The fraction of sp³-hybridized carbons (Fsp3) is 0.818. The van der Waals surface area contributed by atoms with Gasteiger partial charge in [0.05, 0.1) is 18.3 Å². The third-order valence-corrected chi connectivity index (χ3v) is 2.97. The van der Waals surface area contributed by atoms with E-state index < -0.39 is 11.7 Å². The van der Waals surface area contributed by atoms with Crippen molar-refractivity contribution in [3.63, 3.8) is 0 Å². The molecule has 82 valence electrons. The average Bonchev–Trinajstić information content (AvgIpc) is 2.57. The van der Waals surface area contributed by atoms with Gasteiger partial charge in [-0.2, -0.15) is 0 Å². The predicted octanol–water partition coefficient (Wildman–Crippen LogP) is 1.24. The molecule has 1 aliphatic rings. The molecule has 3 heteroatoms. The maximum atomic E-state index is 9.56. The molecule has 3 nitrogen and oxygen atoms in total. The zero-order valence-corrected chi connectivity index (χ0v) is 8.78. The largest absolute Gasteiger partial charge is 0.394 e. The summed E-state index contributed by atoms with van der Waals surface area (Å²) < 4.78 is 5.75. The zero-order valence-electron chi connectivity index (χ0n) is 8.78. The molecule has 0 radical (unpaired) electrons. The van der Waals surface area contributed by atoms with Gasteiger partial charge in [0, 0.05) is 0 Å². The predicted molar refractivity (Wildman–Crippen MR) is 55.0 cm³/mol. The van der Waals surface area contributed by atoms with Gasteiger partial charge in [0.25, 0.3) is 0 Å². The second-order valence-corrected chi connectivity index (χ2v) is 4.16. The number of hydrogen-bond donors (Lipinski definition) is 2. The lowest BCUT2D eigenvalue weighted by molar-refractivity contribution is -0.119. The fourth-order valence-electron chi connectivity index (χ4n) is 1.89. The van der Waals surface area contributed by atoms with E-state index in [2.05, 4.69) is 6.58 Å². The first-order valence-electron chi connectivity index (χ1n) is 5.20. The number of ether oxygens (including phenoxy) is 1. The quantitative estimate of drug-likeness (QED) is 0.656. The van der Waals surface area contributed by atoms with Gasteiger partial charge in [-0.3, -0.25) is 0 Å². The molecular formula is C11H20O3. The van der Waals surface area contributed by atoms with Crippen LogP contribution in [0.5, 0.6) is 0 Å². The molecule has 1 fully saturated rings. The highest BCUT2D eigenvalue weighted by molar-refractivity contribution is 4.91. The third kappa shape index (κ3) is 2.56. The van der Waals surface area contributed by atoms with Crippen molar-refractivity contribution >= 4 is 0 Å². The van der Waals surface area contributed by atoms with Gasteiger partial charge in [-0.15, -0.1) is 6.58 Å². The highest BCUT2D eigenvalue weighted by atomic mass is 16.5. The Morgan fingerprint density at radius 1 is 1.71 bits per heavy atom. The summed E-state index contributed by atoms with van der Waals surface area (Å²) in [5.74, 6) is 0. The van der Waals surface area contributed by atoms with Gasteiger partial charge in [0.1, 0.15) is 6.10 Å². The van der Waals surface area contributed by atoms with Gasteiger partial charge in [0.15, 0.2) is 0 Å². The van der Waals surface area contributed by atoms with E-state index in [4.69, 9.17) is 9.84 Å². The van der Waals surface area contributed by atoms with E-state index in [0.717, 1.165) is 25.7 Å². The average molecular weight is 200 g/mol. The van der Waals surface area contributed by atoms with Crippen LogP contribution in [0.15, 0.2) is 12.7 Å². The summed E-state index contributed by atoms with van der Waals surface area (Å²) >= 11 is 0. The van der Waals surface area contributed by atoms with E-state index in [-0.39, 0.29) is 12.7 Å². The minimum absolute atomic E-state index is 0.208. The molecule has 1 aliphatic heterocycles. The molecule has 0 aliphatic carbocycles. The van der Waals surface area contributed by atoms with E-state index in [0.29, 0.717) is 0 Å². The number of allylic oxidation sites excluding steroid dienone is 1. The first-order chi connectivity index (χ1) is 6.62.